The molecule has 2 N–H and O–H groups in total. The van der Waals surface area contributed by atoms with Crippen LogP contribution in [0.2, 0.25) is 0 Å². The van der Waals surface area contributed by atoms with E-state index in [-0.39, 0.29) is 0 Å². The molecule has 1 aromatic rings. The summed E-state index contributed by atoms with van der Waals surface area (Å²) in [5.41, 5.74) is 6.01. The quantitative estimate of drug-likeness (QED) is 0.759. The van der Waals surface area contributed by atoms with Crippen molar-refractivity contribution in [1.82, 2.24) is 9.97 Å². The lowest BCUT2D eigenvalue weighted by molar-refractivity contribution is 0.291. The zero-order valence-electron chi connectivity index (χ0n) is 9.40. The molecule has 4 heteroatoms. The summed E-state index contributed by atoms with van der Waals surface area (Å²) in [5.74, 6) is 1.31. The molecule has 4 nitrogen and oxygen atoms in total. The molecule has 1 aliphatic rings. The predicted octanol–water partition coefficient (Wildman–Crippen LogP) is 1.69. The zero-order valence-corrected chi connectivity index (χ0v) is 9.40. The molecule has 0 atom stereocenters. The fourth-order valence-electron chi connectivity index (χ4n) is 2.11. The molecule has 0 spiro atoms. The summed E-state index contributed by atoms with van der Waals surface area (Å²) in [7, 11) is 0. The summed E-state index contributed by atoms with van der Waals surface area (Å²) in [5, 5.41) is 0. The lowest BCUT2D eigenvalue weighted by Crippen LogP contribution is -2.41. The van der Waals surface area contributed by atoms with E-state index in [4.69, 9.17) is 5.73 Å². The third-order valence-electron chi connectivity index (χ3n) is 2.85. The summed E-state index contributed by atoms with van der Waals surface area (Å²) >= 11 is 0. The zero-order chi connectivity index (χ0) is 10.9. The second-order valence-electron chi connectivity index (χ2n) is 4.97. The number of nitrogens with zero attached hydrogens (tertiary/aromatic N) is 3. The van der Waals surface area contributed by atoms with Crippen LogP contribution >= 0.6 is 0 Å². The van der Waals surface area contributed by atoms with E-state index in [0.717, 1.165) is 19.0 Å². The molecule has 1 aliphatic heterocycles. The molecule has 1 saturated heterocycles. The van der Waals surface area contributed by atoms with Gasteiger partial charge in [-0.3, -0.25) is 0 Å². The number of nitrogen functional groups attached to an aromatic ring is 1. The first-order valence-corrected chi connectivity index (χ1v) is 5.40. The molecular weight excluding hydrogens is 188 g/mol. The molecule has 0 radical (unpaired) electrons. The largest absolute Gasteiger partial charge is 0.384 e. The van der Waals surface area contributed by atoms with Gasteiger partial charge < -0.3 is 10.6 Å². The van der Waals surface area contributed by atoms with Crippen molar-refractivity contribution in [2.24, 2.45) is 5.41 Å². The molecule has 2 rings (SSSR count). The van der Waals surface area contributed by atoms with E-state index in [9.17, 15) is 0 Å². The van der Waals surface area contributed by atoms with Crippen LogP contribution in [0.25, 0.3) is 0 Å². The number of anilines is 2. The second kappa shape index (κ2) is 3.68. The lowest BCUT2D eigenvalue weighted by atomic mass is 9.84. The molecule has 0 unspecified atom stereocenters. The van der Waals surface area contributed by atoms with Crippen molar-refractivity contribution in [3.8, 4) is 0 Å². The molecule has 1 aromatic heterocycles. The standard InChI is InChI=1S/C11H18N4/c1-11(2)5-3-7-15(8-11)10-13-6-4-9(12)14-10/h4,6H,3,5,7-8H2,1-2H3,(H2,12,13,14). The van der Waals surface area contributed by atoms with Gasteiger partial charge in [0.1, 0.15) is 5.82 Å². The Morgan fingerprint density at radius 2 is 2.27 bits per heavy atom. The topological polar surface area (TPSA) is 55.0 Å². The van der Waals surface area contributed by atoms with E-state index in [2.05, 4.69) is 28.7 Å². The van der Waals surface area contributed by atoms with Gasteiger partial charge in [-0.1, -0.05) is 13.8 Å². The number of nitrogens with two attached hydrogens (primary N) is 1. The Morgan fingerprint density at radius 3 is 2.93 bits per heavy atom. The minimum absolute atomic E-state index is 0.353. The molecule has 0 amide bonds. The van der Waals surface area contributed by atoms with E-state index in [0.29, 0.717) is 11.2 Å². The number of rotatable bonds is 1. The van der Waals surface area contributed by atoms with Crippen LogP contribution in [0.1, 0.15) is 26.7 Å². The van der Waals surface area contributed by atoms with Gasteiger partial charge in [-0.05, 0) is 24.3 Å². The van der Waals surface area contributed by atoms with Crippen LogP contribution in [0.5, 0.6) is 0 Å². The highest BCUT2D eigenvalue weighted by atomic mass is 15.3. The molecular formula is C11H18N4. The van der Waals surface area contributed by atoms with Crippen LogP contribution in [-0.2, 0) is 0 Å². The van der Waals surface area contributed by atoms with Crippen molar-refractivity contribution in [1.29, 1.82) is 0 Å². The average molecular weight is 206 g/mol. The first kappa shape index (κ1) is 10.2. The number of aromatic nitrogens is 2. The van der Waals surface area contributed by atoms with E-state index < -0.39 is 0 Å². The van der Waals surface area contributed by atoms with Gasteiger partial charge in [0.2, 0.25) is 5.95 Å². The molecule has 0 aromatic carbocycles. The van der Waals surface area contributed by atoms with Gasteiger partial charge >= 0.3 is 0 Å². The predicted molar refractivity (Wildman–Crippen MR) is 61.7 cm³/mol. The maximum atomic E-state index is 5.66. The molecule has 0 saturated carbocycles. The Morgan fingerprint density at radius 1 is 1.47 bits per heavy atom. The fraction of sp³-hybridized carbons (Fsp3) is 0.636. The van der Waals surface area contributed by atoms with Gasteiger partial charge in [0, 0.05) is 19.3 Å². The van der Waals surface area contributed by atoms with E-state index >= 15 is 0 Å². The van der Waals surface area contributed by atoms with Crippen molar-refractivity contribution in [3.63, 3.8) is 0 Å². The molecule has 15 heavy (non-hydrogen) atoms. The number of hydrogen-bond acceptors (Lipinski definition) is 4. The molecule has 0 bridgehead atoms. The summed E-state index contributed by atoms with van der Waals surface area (Å²) in [6.07, 6.45) is 4.19. The van der Waals surface area contributed by atoms with Crippen molar-refractivity contribution < 1.29 is 0 Å². The Hall–Kier alpha value is -1.32. The van der Waals surface area contributed by atoms with Crippen LogP contribution in [-0.4, -0.2) is 23.1 Å². The number of hydrogen-bond donors (Lipinski definition) is 1. The summed E-state index contributed by atoms with van der Waals surface area (Å²) in [6, 6.07) is 1.72. The maximum Gasteiger partial charge on any atom is 0.227 e. The van der Waals surface area contributed by atoms with Gasteiger partial charge in [0.15, 0.2) is 0 Å². The normalized spacial score (nSPS) is 20.3. The highest BCUT2D eigenvalue weighted by Crippen LogP contribution is 2.30. The van der Waals surface area contributed by atoms with Crippen molar-refractivity contribution in [2.75, 3.05) is 23.7 Å². The van der Waals surface area contributed by atoms with E-state index in [1.165, 1.54) is 12.8 Å². The minimum Gasteiger partial charge on any atom is -0.384 e. The smallest absolute Gasteiger partial charge is 0.227 e. The molecule has 1 fully saturated rings. The third kappa shape index (κ3) is 2.37. The van der Waals surface area contributed by atoms with Crippen molar-refractivity contribution >= 4 is 11.8 Å². The van der Waals surface area contributed by atoms with Crippen LogP contribution in [0.4, 0.5) is 11.8 Å². The Labute approximate surface area is 90.5 Å². The van der Waals surface area contributed by atoms with Gasteiger partial charge in [0.05, 0.1) is 0 Å². The highest BCUT2D eigenvalue weighted by molar-refractivity contribution is 5.38. The van der Waals surface area contributed by atoms with E-state index in [1.54, 1.807) is 12.3 Å². The van der Waals surface area contributed by atoms with E-state index in [1.807, 2.05) is 0 Å². The molecule has 2 heterocycles. The van der Waals surface area contributed by atoms with Crippen LogP contribution in [0, 0.1) is 5.41 Å². The summed E-state index contributed by atoms with van der Waals surface area (Å²) in [6.45, 7) is 6.61. The lowest BCUT2D eigenvalue weighted by Gasteiger charge is -2.37. The first-order valence-electron chi connectivity index (χ1n) is 5.40. The number of piperidine rings is 1. The summed E-state index contributed by atoms with van der Waals surface area (Å²) in [4.78, 5) is 10.7. The second-order valence-corrected chi connectivity index (χ2v) is 4.97. The maximum absolute atomic E-state index is 5.66. The molecule has 82 valence electrons. The monoisotopic (exact) mass is 206 g/mol. The minimum atomic E-state index is 0.353. The molecule has 0 aliphatic carbocycles. The Balaban J connectivity index is 2.17. The van der Waals surface area contributed by atoms with Crippen molar-refractivity contribution in [2.45, 2.75) is 26.7 Å². The third-order valence-corrected chi connectivity index (χ3v) is 2.85. The highest BCUT2D eigenvalue weighted by Gasteiger charge is 2.27. The van der Waals surface area contributed by atoms with Gasteiger partial charge in [-0.15, -0.1) is 0 Å². The Bertz CT molecular complexity index is 348. The SMILES string of the molecule is CC1(C)CCCN(c2nccc(N)n2)C1. The van der Waals surface area contributed by atoms with Gasteiger partial charge in [0.25, 0.3) is 0 Å². The van der Waals surface area contributed by atoms with Crippen molar-refractivity contribution in [3.05, 3.63) is 12.3 Å². The van der Waals surface area contributed by atoms with Crippen LogP contribution < -0.4 is 10.6 Å². The van der Waals surface area contributed by atoms with Crippen LogP contribution in [0.3, 0.4) is 0 Å². The average Bonchev–Trinajstić information content (AvgIpc) is 2.16. The van der Waals surface area contributed by atoms with Gasteiger partial charge in [-0.25, -0.2) is 4.98 Å². The van der Waals surface area contributed by atoms with Gasteiger partial charge in [-0.2, -0.15) is 4.98 Å². The summed E-state index contributed by atoms with van der Waals surface area (Å²) < 4.78 is 0. The van der Waals surface area contributed by atoms with Crippen LogP contribution in [0.15, 0.2) is 12.3 Å². The fourth-order valence-corrected chi connectivity index (χ4v) is 2.11. The Kier molecular flexibility index (Phi) is 2.50. The first-order chi connectivity index (χ1) is 7.07.